The van der Waals surface area contributed by atoms with Gasteiger partial charge in [-0.1, -0.05) is 57.9 Å². The van der Waals surface area contributed by atoms with Crippen LogP contribution in [0.2, 0.25) is 5.02 Å². The highest BCUT2D eigenvalue weighted by molar-refractivity contribution is 9.10. The van der Waals surface area contributed by atoms with Crippen LogP contribution in [0.1, 0.15) is 23.1 Å². The number of hydrogen-bond acceptors (Lipinski definition) is 2. The van der Waals surface area contributed by atoms with E-state index in [-0.39, 0.29) is 5.92 Å². The standard InChI is InChI=1S/C15H15BrClNO/c16-11-7-5-10(6-8-11)13(9-18)15(19)12-3-1-2-4-14(12)17/h1-8,13,15,19H,9,18H2. The molecule has 0 saturated heterocycles. The van der Waals surface area contributed by atoms with E-state index in [4.69, 9.17) is 17.3 Å². The van der Waals surface area contributed by atoms with Gasteiger partial charge in [0.2, 0.25) is 0 Å². The predicted molar refractivity (Wildman–Crippen MR) is 82.3 cm³/mol. The first kappa shape index (κ1) is 14.5. The van der Waals surface area contributed by atoms with Crippen LogP contribution in [-0.4, -0.2) is 11.7 Å². The Hall–Kier alpha value is -0.870. The van der Waals surface area contributed by atoms with Gasteiger partial charge in [-0.3, -0.25) is 0 Å². The quantitative estimate of drug-likeness (QED) is 0.887. The molecule has 100 valence electrons. The van der Waals surface area contributed by atoms with Crippen LogP contribution in [0.3, 0.4) is 0 Å². The SMILES string of the molecule is NCC(c1ccc(Br)cc1)C(O)c1ccccc1Cl. The van der Waals surface area contributed by atoms with Crippen LogP contribution in [-0.2, 0) is 0 Å². The molecule has 0 amide bonds. The molecule has 0 radical (unpaired) electrons. The molecule has 2 unspecified atom stereocenters. The topological polar surface area (TPSA) is 46.2 Å². The highest BCUT2D eigenvalue weighted by Crippen LogP contribution is 2.34. The first-order chi connectivity index (χ1) is 9.13. The smallest absolute Gasteiger partial charge is 0.0885 e. The lowest BCUT2D eigenvalue weighted by Crippen LogP contribution is -2.20. The van der Waals surface area contributed by atoms with Crippen molar-refractivity contribution in [2.75, 3.05) is 6.54 Å². The van der Waals surface area contributed by atoms with Gasteiger partial charge in [-0.25, -0.2) is 0 Å². The molecule has 0 spiro atoms. The largest absolute Gasteiger partial charge is 0.388 e. The molecule has 0 aliphatic carbocycles. The molecule has 2 aromatic rings. The number of nitrogens with two attached hydrogens (primary N) is 1. The molecule has 2 rings (SSSR count). The molecule has 4 heteroatoms. The molecule has 3 N–H and O–H groups in total. The summed E-state index contributed by atoms with van der Waals surface area (Å²) in [5.74, 6) is -0.173. The van der Waals surface area contributed by atoms with Crippen molar-refractivity contribution in [1.82, 2.24) is 0 Å². The zero-order chi connectivity index (χ0) is 13.8. The third-order valence-electron chi connectivity index (χ3n) is 3.16. The number of rotatable bonds is 4. The number of aliphatic hydroxyl groups is 1. The average molecular weight is 341 g/mol. The lowest BCUT2D eigenvalue weighted by atomic mass is 9.89. The van der Waals surface area contributed by atoms with Crippen LogP contribution in [0.15, 0.2) is 53.0 Å². The van der Waals surface area contributed by atoms with E-state index in [9.17, 15) is 5.11 Å². The second-order valence-electron chi connectivity index (χ2n) is 4.36. The van der Waals surface area contributed by atoms with Crippen LogP contribution in [0.25, 0.3) is 0 Å². The maximum absolute atomic E-state index is 10.5. The van der Waals surface area contributed by atoms with Gasteiger partial charge in [0.25, 0.3) is 0 Å². The summed E-state index contributed by atoms with van der Waals surface area (Å²) in [5.41, 5.74) is 7.53. The van der Waals surface area contributed by atoms with E-state index < -0.39 is 6.10 Å². The van der Waals surface area contributed by atoms with Gasteiger partial charge >= 0.3 is 0 Å². The summed E-state index contributed by atoms with van der Waals surface area (Å²) in [7, 11) is 0. The van der Waals surface area contributed by atoms with Gasteiger partial charge in [0.15, 0.2) is 0 Å². The van der Waals surface area contributed by atoms with E-state index >= 15 is 0 Å². The minimum absolute atomic E-state index is 0.173. The van der Waals surface area contributed by atoms with E-state index in [2.05, 4.69) is 15.9 Å². The zero-order valence-electron chi connectivity index (χ0n) is 10.3. The van der Waals surface area contributed by atoms with Crippen LogP contribution in [0.4, 0.5) is 0 Å². The van der Waals surface area contributed by atoms with E-state index in [0.717, 1.165) is 10.0 Å². The Bertz CT molecular complexity index is 544. The lowest BCUT2D eigenvalue weighted by Gasteiger charge is -2.23. The number of aliphatic hydroxyl groups excluding tert-OH is 1. The number of benzene rings is 2. The van der Waals surface area contributed by atoms with Crippen molar-refractivity contribution in [3.63, 3.8) is 0 Å². The fraction of sp³-hybridized carbons (Fsp3) is 0.200. The fourth-order valence-electron chi connectivity index (χ4n) is 2.09. The van der Waals surface area contributed by atoms with E-state index in [1.54, 1.807) is 6.07 Å². The van der Waals surface area contributed by atoms with E-state index in [1.807, 2.05) is 42.5 Å². The molecule has 0 fully saturated rings. The molecule has 0 heterocycles. The van der Waals surface area contributed by atoms with Crippen LogP contribution >= 0.6 is 27.5 Å². The highest BCUT2D eigenvalue weighted by Gasteiger charge is 2.23. The van der Waals surface area contributed by atoms with Gasteiger partial charge < -0.3 is 10.8 Å². The molecule has 0 aromatic heterocycles. The van der Waals surface area contributed by atoms with E-state index in [0.29, 0.717) is 17.1 Å². The van der Waals surface area contributed by atoms with Gasteiger partial charge in [0.05, 0.1) is 6.10 Å². The Balaban J connectivity index is 2.32. The molecule has 2 nitrogen and oxygen atoms in total. The summed E-state index contributed by atoms with van der Waals surface area (Å²) in [5, 5.41) is 11.1. The summed E-state index contributed by atoms with van der Waals surface area (Å²) in [6.45, 7) is 0.355. The zero-order valence-corrected chi connectivity index (χ0v) is 12.6. The summed E-state index contributed by atoms with van der Waals surface area (Å²) in [6, 6.07) is 15.1. The Labute approximate surface area is 126 Å². The highest BCUT2D eigenvalue weighted by atomic mass is 79.9. The van der Waals surface area contributed by atoms with Gasteiger partial charge in [0, 0.05) is 22.0 Å². The number of halogens is 2. The molecule has 0 aliphatic rings. The molecule has 19 heavy (non-hydrogen) atoms. The Morgan fingerprint density at radius 3 is 2.32 bits per heavy atom. The molecule has 0 aliphatic heterocycles. The van der Waals surface area contributed by atoms with Gasteiger partial charge in [-0.05, 0) is 29.3 Å². The van der Waals surface area contributed by atoms with Crippen molar-refractivity contribution in [1.29, 1.82) is 0 Å². The monoisotopic (exact) mass is 339 g/mol. The molecule has 2 aromatic carbocycles. The molecular weight excluding hydrogens is 326 g/mol. The summed E-state index contributed by atoms with van der Waals surface area (Å²) in [4.78, 5) is 0. The van der Waals surface area contributed by atoms with Gasteiger partial charge in [0.1, 0.15) is 0 Å². The average Bonchev–Trinajstić information content (AvgIpc) is 2.42. The second kappa shape index (κ2) is 6.53. The van der Waals surface area contributed by atoms with Crippen molar-refractivity contribution in [2.24, 2.45) is 5.73 Å². The summed E-state index contributed by atoms with van der Waals surface area (Å²) < 4.78 is 0.999. The van der Waals surface area contributed by atoms with Crippen molar-refractivity contribution in [2.45, 2.75) is 12.0 Å². The van der Waals surface area contributed by atoms with Crippen molar-refractivity contribution >= 4 is 27.5 Å². The van der Waals surface area contributed by atoms with Gasteiger partial charge in [-0.15, -0.1) is 0 Å². The van der Waals surface area contributed by atoms with Crippen molar-refractivity contribution < 1.29 is 5.11 Å². The number of hydrogen-bond donors (Lipinski definition) is 2. The minimum atomic E-state index is -0.708. The maximum Gasteiger partial charge on any atom is 0.0885 e. The summed E-state index contributed by atoms with van der Waals surface area (Å²) in [6.07, 6.45) is -0.708. The van der Waals surface area contributed by atoms with Gasteiger partial charge in [-0.2, -0.15) is 0 Å². The van der Waals surface area contributed by atoms with Crippen molar-refractivity contribution in [3.8, 4) is 0 Å². The second-order valence-corrected chi connectivity index (χ2v) is 5.68. The summed E-state index contributed by atoms with van der Waals surface area (Å²) >= 11 is 9.52. The Kier molecular flexibility index (Phi) is 4.99. The minimum Gasteiger partial charge on any atom is -0.388 e. The van der Waals surface area contributed by atoms with Crippen LogP contribution in [0, 0.1) is 0 Å². The molecular formula is C15H15BrClNO. The molecule has 0 saturated carbocycles. The predicted octanol–water partition coefficient (Wildman–Crippen LogP) is 3.88. The van der Waals surface area contributed by atoms with Crippen LogP contribution < -0.4 is 5.73 Å². The normalized spacial score (nSPS) is 14.1. The third-order valence-corrected chi connectivity index (χ3v) is 4.03. The van der Waals surface area contributed by atoms with Crippen LogP contribution in [0.5, 0.6) is 0 Å². The third kappa shape index (κ3) is 3.37. The van der Waals surface area contributed by atoms with E-state index in [1.165, 1.54) is 0 Å². The Morgan fingerprint density at radius 1 is 1.11 bits per heavy atom. The molecule has 2 atom stereocenters. The first-order valence-electron chi connectivity index (χ1n) is 6.01. The Morgan fingerprint density at radius 2 is 1.74 bits per heavy atom. The van der Waals surface area contributed by atoms with Crippen molar-refractivity contribution in [3.05, 3.63) is 69.2 Å². The first-order valence-corrected chi connectivity index (χ1v) is 7.18. The lowest BCUT2D eigenvalue weighted by molar-refractivity contribution is 0.147. The molecule has 0 bridgehead atoms. The maximum atomic E-state index is 10.5. The fourth-order valence-corrected chi connectivity index (χ4v) is 2.60.